The maximum absolute atomic E-state index is 12.7. The molecule has 1 fully saturated rings. The molecule has 0 radical (unpaired) electrons. The van der Waals surface area contributed by atoms with Crippen molar-refractivity contribution < 1.29 is 35.9 Å². The number of benzene rings is 1. The summed E-state index contributed by atoms with van der Waals surface area (Å²) in [6.07, 6.45) is -9.93. The molecule has 0 aliphatic carbocycles. The Morgan fingerprint density at radius 1 is 1.08 bits per heavy atom. The van der Waals surface area contributed by atoms with Crippen LogP contribution >= 0.6 is 12.4 Å². The van der Waals surface area contributed by atoms with Gasteiger partial charge in [-0.25, -0.2) is 0 Å². The molecule has 1 amide bonds. The maximum Gasteiger partial charge on any atom is 0.416 e. The first-order valence-electron chi connectivity index (χ1n) is 6.49. The molecule has 0 saturated carbocycles. The Hall–Kier alpha value is -1.52. The van der Waals surface area contributed by atoms with E-state index in [1.165, 1.54) is 0 Å². The lowest BCUT2D eigenvalue weighted by Gasteiger charge is -2.23. The smallest absolute Gasteiger partial charge is 0.378 e. The first-order chi connectivity index (χ1) is 10.6. The van der Waals surface area contributed by atoms with E-state index in [-0.39, 0.29) is 25.1 Å². The standard InChI is InChI=1S/C13H12F6N2O2.ClH/c14-12(15,16)7-3-8(13(17,18)19)5-9(4-7)21-11(22)10-6-23-2-1-20-10;/h3-5,10,20H,1-2,6H2,(H,21,22);1H. The third-order valence-corrected chi connectivity index (χ3v) is 3.09. The van der Waals surface area contributed by atoms with E-state index in [0.29, 0.717) is 25.3 Å². The molecule has 24 heavy (non-hydrogen) atoms. The largest absolute Gasteiger partial charge is 0.416 e. The van der Waals surface area contributed by atoms with Gasteiger partial charge in [-0.2, -0.15) is 26.3 Å². The normalized spacial score (nSPS) is 18.7. The van der Waals surface area contributed by atoms with Crippen molar-refractivity contribution in [2.75, 3.05) is 25.1 Å². The third-order valence-electron chi connectivity index (χ3n) is 3.09. The van der Waals surface area contributed by atoms with E-state index in [4.69, 9.17) is 4.74 Å². The summed E-state index contributed by atoms with van der Waals surface area (Å²) in [5, 5.41) is 4.80. The van der Waals surface area contributed by atoms with Gasteiger partial charge in [0.15, 0.2) is 0 Å². The van der Waals surface area contributed by atoms with Crippen LogP contribution < -0.4 is 10.6 Å². The number of alkyl halides is 6. The van der Waals surface area contributed by atoms with Crippen LogP contribution in [0.2, 0.25) is 0 Å². The molecule has 2 N–H and O–H groups in total. The van der Waals surface area contributed by atoms with E-state index in [1.54, 1.807) is 0 Å². The second-order valence-corrected chi connectivity index (χ2v) is 4.87. The van der Waals surface area contributed by atoms with Crippen LogP contribution in [0.25, 0.3) is 0 Å². The predicted molar refractivity (Wildman–Crippen MR) is 74.9 cm³/mol. The summed E-state index contributed by atoms with van der Waals surface area (Å²) >= 11 is 0. The number of hydrogen-bond donors (Lipinski definition) is 2. The lowest BCUT2D eigenvalue weighted by atomic mass is 10.1. The summed E-state index contributed by atoms with van der Waals surface area (Å²) in [4.78, 5) is 11.9. The van der Waals surface area contributed by atoms with Crippen LogP contribution in [0, 0.1) is 0 Å². The van der Waals surface area contributed by atoms with Gasteiger partial charge < -0.3 is 15.4 Å². The number of halogens is 7. The molecule has 1 aliphatic heterocycles. The van der Waals surface area contributed by atoms with Crippen molar-refractivity contribution in [1.29, 1.82) is 0 Å². The van der Waals surface area contributed by atoms with Crippen LogP contribution in [0.5, 0.6) is 0 Å². The molecular weight excluding hydrogens is 366 g/mol. The van der Waals surface area contributed by atoms with Crippen molar-refractivity contribution in [2.45, 2.75) is 18.4 Å². The molecule has 2 rings (SSSR count). The van der Waals surface area contributed by atoms with Crippen molar-refractivity contribution in [3.8, 4) is 0 Å². The molecule has 1 aromatic carbocycles. The number of nitrogens with one attached hydrogen (secondary N) is 2. The van der Waals surface area contributed by atoms with Crippen molar-refractivity contribution in [2.24, 2.45) is 0 Å². The fourth-order valence-corrected chi connectivity index (χ4v) is 1.99. The fraction of sp³-hybridized carbons (Fsp3) is 0.462. The molecule has 1 atom stereocenters. The quantitative estimate of drug-likeness (QED) is 0.778. The minimum absolute atomic E-state index is 0. The van der Waals surface area contributed by atoms with Crippen LogP contribution in [-0.2, 0) is 21.9 Å². The van der Waals surface area contributed by atoms with Crippen LogP contribution in [0.4, 0.5) is 32.0 Å². The number of amides is 1. The fourth-order valence-electron chi connectivity index (χ4n) is 1.99. The van der Waals surface area contributed by atoms with E-state index in [9.17, 15) is 31.1 Å². The zero-order valence-corrected chi connectivity index (χ0v) is 12.7. The highest BCUT2D eigenvalue weighted by molar-refractivity contribution is 5.95. The lowest BCUT2D eigenvalue weighted by Crippen LogP contribution is -2.48. The van der Waals surface area contributed by atoms with E-state index < -0.39 is 41.1 Å². The second-order valence-electron chi connectivity index (χ2n) is 4.87. The average Bonchev–Trinajstić information content (AvgIpc) is 2.46. The molecule has 0 aromatic heterocycles. The number of carbonyl (C=O) groups excluding carboxylic acids is 1. The summed E-state index contributed by atoms with van der Waals surface area (Å²) < 4.78 is 81.3. The Bertz CT molecular complexity index is 553. The molecule has 0 spiro atoms. The zero-order chi connectivity index (χ0) is 17.3. The topological polar surface area (TPSA) is 50.4 Å². The monoisotopic (exact) mass is 378 g/mol. The van der Waals surface area contributed by atoms with Crippen LogP contribution in [0.15, 0.2) is 18.2 Å². The van der Waals surface area contributed by atoms with Gasteiger partial charge in [-0.05, 0) is 18.2 Å². The highest BCUT2D eigenvalue weighted by Crippen LogP contribution is 2.37. The van der Waals surface area contributed by atoms with Crippen LogP contribution in [0.3, 0.4) is 0 Å². The summed E-state index contributed by atoms with van der Waals surface area (Å²) in [7, 11) is 0. The molecule has 4 nitrogen and oxygen atoms in total. The minimum atomic E-state index is -4.97. The Balaban J connectivity index is 0.00000288. The van der Waals surface area contributed by atoms with Gasteiger partial charge in [0, 0.05) is 12.2 Å². The third kappa shape index (κ3) is 5.25. The Kier molecular flexibility index (Phi) is 6.48. The number of rotatable bonds is 2. The van der Waals surface area contributed by atoms with Gasteiger partial charge in [0.2, 0.25) is 5.91 Å². The highest BCUT2D eigenvalue weighted by atomic mass is 35.5. The number of hydrogen-bond acceptors (Lipinski definition) is 3. The Morgan fingerprint density at radius 3 is 2.04 bits per heavy atom. The minimum Gasteiger partial charge on any atom is -0.378 e. The molecule has 136 valence electrons. The molecule has 1 aromatic rings. The summed E-state index contributed by atoms with van der Waals surface area (Å²) in [6, 6.07) is 0.0679. The first-order valence-corrected chi connectivity index (χ1v) is 6.49. The van der Waals surface area contributed by atoms with Crippen molar-refractivity contribution in [3.05, 3.63) is 29.3 Å². The van der Waals surface area contributed by atoms with E-state index >= 15 is 0 Å². The second kappa shape index (κ2) is 7.58. The maximum atomic E-state index is 12.7. The first kappa shape index (κ1) is 20.5. The molecule has 11 heteroatoms. The van der Waals surface area contributed by atoms with Gasteiger partial charge in [0.25, 0.3) is 0 Å². The van der Waals surface area contributed by atoms with Crippen LogP contribution in [-0.4, -0.2) is 31.7 Å². The Labute approximate surface area is 139 Å². The number of morpholine rings is 1. The SMILES string of the molecule is Cl.O=C(Nc1cc(C(F)(F)F)cc(C(F)(F)F)c1)C1COCCN1. The molecule has 1 heterocycles. The number of ether oxygens (including phenoxy) is 1. The molecule has 1 saturated heterocycles. The molecule has 1 unspecified atom stereocenters. The van der Waals surface area contributed by atoms with Gasteiger partial charge in [-0.15, -0.1) is 12.4 Å². The van der Waals surface area contributed by atoms with Gasteiger partial charge >= 0.3 is 12.4 Å². The van der Waals surface area contributed by atoms with Gasteiger partial charge in [-0.3, -0.25) is 4.79 Å². The van der Waals surface area contributed by atoms with Crippen molar-refractivity contribution >= 4 is 24.0 Å². The van der Waals surface area contributed by atoms with E-state index in [1.807, 2.05) is 0 Å². The summed E-state index contributed by atoms with van der Waals surface area (Å²) in [6.45, 7) is 0.705. The van der Waals surface area contributed by atoms with E-state index in [0.717, 1.165) is 0 Å². The van der Waals surface area contributed by atoms with Gasteiger partial charge in [-0.1, -0.05) is 0 Å². The van der Waals surface area contributed by atoms with Gasteiger partial charge in [0.1, 0.15) is 6.04 Å². The summed E-state index contributed by atoms with van der Waals surface area (Å²) in [5.41, 5.74) is -3.56. The number of anilines is 1. The molecule has 0 bridgehead atoms. The molecule has 1 aliphatic rings. The lowest BCUT2D eigenvalue weighted by molar-refractivity contribution is -0.143. The summed E-state index contributed by atoms with van der Waals surface area (Å²) in [5.74, 6) is -0.767. The van der Waals surface area contributed by atoms with Crippen molar-refractivity contribution in [3.63, 3.8) is 0 Å². The van der Waals surface area contributed by atoms with Crippen LogP contribution in [0.1, 0.15) is 11.1 Å². The predicted octanol–water partition coefficient (Wildman–Crippen LogP) is 3.07. The van der Waals surface area contributed by atoms with Gasteiger partial charge in [0.05, 0.1) is 24.3 Å². The Morgan fingerprint density at radius 2 is 1.62 bits per heavy atom. The highest BCUT2D eigenvalue weighted by Gasteiger charge is 2.37. The zero-order valence-electron chi connectivity index (χ0n) is 11.9. The average molecular weight is 379 g/mol. The van der Waals surface area contributed by atoms with Crippen molar-refractivity contribution in [1.82, 2.24) is 5.32 Å². The molecular formula is C13H13ClF6N2O2. The number of carbonyl (C=O) groups is 1. The van der Waals surface area contributed by atoms with E-state index in [2.05, 4.69) is 10.6 Å².